The van der Waals surface area contributed by atoms with Gasteiger partial charge in [-0.3, -0.25) is 0 Å². The zero-order valence-corrected chi connectivity index (χ0v) is 23.4. The van der Waals surface area contributed by atoms with Crippen LogP contribution in [0, 0.1) is 0 Å². The summed E-state index contributed by atoms with van der Waals surface area (Å²) in [6, 6.07) is 0. The number of hydrogen-bond donors (Lipinski definition) is 2. The molecule has 0 rings (SSSR count). The van der Waals surface area contributed by atoms with Crippen LogP contribution in [0.5, 0.6) is 0 Å². The van der Waals surface area contributed by atoms with Crippen molar-refractivity contribution in [2.75, 3.05) is 24.7 Å². The van der Waals surface area contributed by atoms with E-state index < -0.39 is 0 Å². The maximum absolute atomic E-state index is 9.37. The zero-order chi connectivity index (χ0) is 24.0. The standard InChI is InChI=1S/C26H54N2O2S2/c1-5-7-9-11-13-15-23-31-25(3,19-17-21-29)27-28-26(4,20-18-22-30)32-24-16-14-12-10-8-6-2/h29-30H,5-24H2,1-4H3/b28-27+. The molecule has 0 aromatic heterocycles. The normalized spacial score (nSPS) is 15.8. The largest absolute Gasteiger partial charge is 0.396 e. The summed E-state index contributed by atoms with van der Waals surface area (Å²) in [4.78, 5) is -0.541. The molecule has 0 heterocycles. The highest BCUT2D eigenvalue weighted by Crippen LogP contribution is 2.38. The SMILES string of the molecule is CCCCCCCCSC(C)(CCCO)/N=N/C(C)(CCCO)SCCCCCCCC. The van der Waals surface area contributed by atoms with E-state index in [-0.39, 0.29) is 23.0 Å². The highest BCUT2D eigenvalue weighted by Gasteiger charge is 2.28. The molecule has 0 aromatic rings. The summed E-state index contributed by atoms with van der Waals surface area (Å²) in [5.74, 6) is 2.21. The second-order valence-corrected chi connectivity index (χ2v) is 12.6. The predicted octanol–water partition coefficient (Wildman–Crippen LogP) is 8.60. The Kier molecular flexibility index (Phi) is 21.9. The molecule has 2 N–H and O–H groups in total. The van der Waals surface area contributed by atoms with Crippen molar-refractivity contribution < 1.29 is 10.2 Å². The van der Waals surface area contributed by atoms with Gasteiger partial charge in [-0.05, 0) is 63.9 Å². The van der Waals surface area contributed by atoms with Crippen molar-refractivity contribution in [1.29, 1.82) is 0 Å². The Balaban J connectivity index is 4.73. The lowest BCUT2D eigenvalue weighted by atomic mass is 10.1. The first-order chi connectivity index (χ1) is 15.4. The van der Waals surface area contributed by atoms with Crippen molar-refractivity contribution in [2.24, 2.45) is 10.2 Å². The molecule has 0 aliphatic carbocycles. The Bertz CT molecular complexity index is 402. The van der Waals surface area contributed by atoms with Crippen LogP contribution in [0.1, 0.15) is 130 Å². The zero-order valence-electron chi connectivity index (χ0n) is 21.7. The predicted molar refractivity (Wildman–Crippen MR) is 146 cm³/mol. The minimum absolute atomic E-state index is 0.206. The van der Waals surface area contributed by atoms with E-state index in [1.807, 2.05) is 23.5 Å². The highest BCUT2D eigenvalue weighted by atomic mass is 32.2. The van der Waals surface area contributed by atoms with E-state index in [1.165, 1.54) is 77.0 Å². The van der Waals surface area contributed by atoms with Gasteiger partial charge in [-0.25, -0.2) is 0 Å². The van der Waals surface area contributed by atoms with E-state index in [0.29, 0.717) is 0 Å². The van der Waals surface area contributed by atoms with Gasteiger partial charge in [0, 0.05) is 13.2 Å². The first-order valence-electron chi connectivity index (χ1n) is 13.4. The van der Waals surface area contributed by atoms with Crippen LogP contribution in [-0.2, 0) is 0 Å². The van der Waals surface area contributed by atoms with Gasteiger partial charge in [0.2, 0.25) is 0 Å². The summed E-state index contributed by atoms with van der Waals surface area (Å²) in [5.41, 5.74) is 0. The smallest absolute Gasteiger partial charge is 0.124 e. The fourth-order valence-electron chi connectivity index (χ4n) is 3.68. The number of nitrogens with zero attached hydrogens (tertiary/aromatic N) is 2. The third-order valence-electron chi connectivity index (χ3n) is 5.89. The molecular formula is C26H54N2O2S2. The van der Waals surface area contributed by atoms with Crippen LogP contribution in [0.2, 0.25) is 0 Å². The van der Waals surface area contributed by atoms with E-state index in [4.69, 9.17) is 10.2 Å². The maximum atomic E-state index is 9.37. The number of hydrogen-bond acceptors (Lipinski definition) is 6. The van der Waals surface area contributed by atoms with Crippen molar-refractivity contribution in [3.63, 3.8) is 0 Å². The fraction of sp³-hybridized carbons (Fsp3) is 1.00. The molecule has 0 amide bonds. The molecule has 0 saturated carbocycles. The van der Waals surface area contributed by atoms with Crippen molar-refractivity contribution in [2.45, 2.75) is 140 Å². The van der Waals surface area contributed by atoms with Gasteiger partial charge in [0.1, 0.15) is 9.74 Å². The first-order valence-corrected chi connectivity index (χ1v) is 15.4. The van der Waals surface area contributed by atoms with E-state index in [1.54, 1.807) is 0 Å². The van der Waals surface area contributed by atoms with Gasteiger partial charge in [0.25, 0.3) is 0 Å². The van der Waals surface area contributed by atoms with Gasteiger partial charge in [0.15, 0.2) is 0 Å². The summed E-state index contributed by atoms with van der Waals surface area (Å²) in [5, 5.41) is 28.5. The van der Waals surface area contributed by atoms with Gasteiger partial charge in [-0.1, -0.05) is 78.1 Å². The van der Waals surface area contributed by atoms with E-state index >= 15 is 0 Å². The second-order valence-electron chi connectivity index (χ2n) is 9.44. The lowest BCUT2D eigenvalue weighted by molar-refractivity contribution is 0.273. The summed E-state index contributed by atoms with van der Waals surface area (Å²) < 4.78 is 0. The Morgan fingerprint density at radius 1 is 0.531 bits per heavy atom. The molecule has 0 fully saturated rings. The Morgan fingerprint density at radius 2 is 0.875 bits per heavy atom. The topological polar surface area (TPSA) is 65.2 Å². The molecule has 0 aliphatic heterocycles. The van der Waals surface area contributed by atoms with Gasteiger partial charge < -0.3 is 10.2 Å². The number of unbranched alkanes of at least 4 members (excludes halogenated alkanes) is 10. The first kappa shape index (κ1) is 32.2. The molecule has 32 heavy (non-hydrogen) atoms. The molecule has 0 radical (unpaired) electrons. The number of rotatable bonds is 24. The van der Waals surface area contributed by atoms with Crippen LogP contribution < -0.4 is 0 Å². The Labute approximate surface area is 208 Å². The molecule has 4 nitrogen and oxygen atoms in total. The Hall–Kier alpha value is 0.220. The van der Waals surface area contributed by atoms with Crippen LogP contribution >= 0.6 is 23.5 Å². The van der Waals surface area contributed by atoms with Crippen molar-refractivity contribution >= 4 is 23.5 Å². The average Bonchev–Trinajstić information content (AvgIpc) is 2.79. The average molecular weight is 491 g/mol. The molecule has 2 unspecified atom stereocenters. The molecule has 6 heteroatoms. The minimum atomic E-state index is -0.271. The minimum Gasteiger partial charge on any atom is -0.396 e. The molecule has 0 bridgehead atoms. The second kappa shape index (κ2) is 21.7. The van der Waals surface area contributed by atoms with Gasteiger partial charge in [0.05, 0.1) is 0 Å². The van der Waals surface area contributed by atoms with Crippen LogP contribution in [-0.4, -0.2) is 44.7 Å². The third-order valence-corrected chi connectivity index (χ3v) is 8.69. The van der Waals surface area contributed by atoms with Gasteiger partial charge in [-0.15, -0.1) is 23.5 Å². The molecule has 0 spiro atoms. The van der Waals surface area contributed by atoms with Crippen LogP contribution in [0.3, 0.4) is 0 Å². The molecule has 0 aliphatic rings. The molecular weight excluding hydrogens is 436 g/mol. The molecule has 0 saturated heterocycles. The van der Waals surface area contributed by atoms with Crippen LogP contribution in [0.15, 0.2) is 10.2 Å². The summed E-state index contributed by atoms with van der Waals surface area (Å²) in [7, 11) is 0. The van der Waals surface area contributed by atoms with Crippen LogP contribution in [0.4, 0.5) is 0 Å². The summed E-state index contributed by atoms with van der Waals surface area (Å²) in [6.07, 6.45) is 18.9. The molecule has 2 atom stereocenters. The quantitative estimate of drug-likeness (QED) is 0.105. The van der Waals surface area contributed by atoms with Gasteiger partial charge >= 0.3 is 0 Å². The molecule has 0 aromatic carbocycles. The number of aliphatic hydroxyl groups excluding tert-OH is 2. The van der Waals surface area contributed by atoms with E-state index in [9.17, 15) is 10.2 Å². The lowest BCUT2D eigenvalue weighted by Gasteiger charge is -2.28. The highest BCUT2D eigenvalue weighted by molar-refractivity contribution is 8.00. The summed E-state index contributed by atoms with van der Waals surface area (Å²) in [6.45, 7) is 9.29. The monoisotopic (exact) mass is 490 g/mol. The number of azo groups is 1. The van der Waals surface area contributed by atoms with E-state index in [0.717, 1.165) is 37.2 Å². The van der Waals surface area contributed by atoms with Crippen molar-refractivity contribution in [3.05, 3.63) is 0 Å². The Morgan fingerprint density at radius 3 is 1.22 bits per heavy atom. The number of aliphatic hydroxyl groups is 2. The summed E-state index contributed by atoms with van der Waals surface area (Å²) >= 11 is 3.80. The third kappa shape index (κ3) is 18.6. The van der Waals surface area contributed by atoms with Gasteiger partial charge in [-0.2, -0.15) is 10.2 Å². The number of thioether (sulfide) groups is 2. The fourth-order valence-corrected chi connectivity index (χ4v) is 6.03. The lowest BCUT2D eigenvalue weighted by Crippen LogP contribution is -2.23. The van der Waals surface area contributed by atoms with E-state index in [2.05, 4.69) is 27.7 Å². The van der Waals surface area contributed by atoms with Crippen LogP contribution in [0.25, 0.3) is 0 Å². The van der Waals surface area contributed by atoms with Crippen molar-refractivity contribution in [3.8, 4) is 0 Å². The maximum Gasteiger partial charge on any atom is 0.124 e. The molecule has 192 valence electrons. The van der Waals surface area contributed by atoms with Crippen molar-refractivity contribution in [1.82, 2.24) is 0 Å².